The summed E-state index contributed by atoms with van der Waals surface area (Å²) in [5.74, 6) is -2.40. The average molecular weight is 446 g/mol. The Labute approximate surface area is 188 Å². The second-order valence-electron chi connectivity index (χ2n) is 7.52. The summed E-state index contributed by atoms with van der Waals surface area (Å²) in [7, 11) is 0. The molecule has 0 fully saturated rings. The fraction of sp³-hybridized carbons (Fsp3) is 0.120. The maximum absolute atomic E-state index is 13.0. The minimum absolute atomic E-state index is 0.0686. The molecule has 0 bridgehead atoms. The van der Waals surface area contributed by atoms with E-state index in [-0.39, 0.29) is 40.4 Å². The van der Waals surface area contributed by atoms with Gasteiger partial charge in [-0.1, -0.05) is 36.4 Å². The van der Waals surface area contributed by atoms with E-state index in [1.807, 2.05) is 0 Å². The van der Waals surface area contributed by atoms with Crippen molar-refractivity contribution in [1.82, 2.24) is 10.6 Å². The second kappa shape index (κ2) is 9.13. The quantitative estimate of drug-likeness (QED) is 0.420. The summed E-state index contributed by atoms with van der Waals surface area (Å²) >= 11 is 0. The molecule has 1 aliphatic rings. The highest BCUT2D eigenvalue weighted by molar-refractivity contribution is 6.28. The monoisotopic (exact) mass is 446 g/mol. The molecular weight excluding hydrogens is 427 g/mol. The number of benzene rings is 3. The van der Waals surface area contributed by atoms with Crippen LogP contribution in [0.5, 0.6) is 0 Å². The lowest BCUT2D eigenvalue weighted by molar-refractivity contribution is -0.124. The van der Waals surface area contributed by atoms with Gasteiger partial charge in [0, 0.05) is 34.4 Å². The van der Waals surface area contributed by atoms with Gasteiger partial charge in [-0.15, -0.1) is 0 Å². The zero-order valence-electron chi connectivity index (χ0n) is 17.3. The molecule has 1 unspecified atom stereocenters. The van der Waals surface area contributed by atoms with Crippen LogP contribution < -0.4 is 10.6 Å². The highest BCUT2D eigenvalue weighted by Gasteiger charge is 2.30. The number of aliphatic hydroxyl groups is 1. The molecule has 0 heterocycles. The van der Waals surface area contributed by atoms with Gasteiger partial charge in [-0.2, -0.15) is 0 Å². The van der Waals surface area contributed by atoms with Crippen molar-refractivity contribution in [2.75, 3.05) is 6.61 Å². The van der Waals surface area contributed by atoms with E-state index in [4.69, 9.17) is 0 Å². The van der Waals surface area contributed by atoms with E-state index >= 15 is 0 Å². The van der Waals surface area contributed by atoms with Crippen molar-refractivity contribution in [3.63, 3.8) is 0 Å². The van der Waals surface area contributed by atoms with Gasteiger partial charge in [0.2, 0.25) is 5.91 Å². The molecule has 2 amide bonds. The Morgan fingerprint density at radius 2 is 1.45 bits per heavy atom. The van der Waals surface area contributed by atoms with Crippen molar-refractivity contribution in [1.29, 1.82) is 0 Å². The summed E-state index contributed by atoms with van der Waals surface area (Å²) in [6.07, 6.45) is 0. The molecule has 1 atom stereocenters. The number of ketones is 2. The van der Waals surface area contributed by atoms with Gasteiger partial charge < -0.3 is 15.7 Å². The van der Waals surface area contributed by atoms with Gasteiger partial charge in [0.25, 0.3) is 5.91 Å². The van der Waals surface area contributed by atoms with Gasteiger partial charge >= 0.3 is 0 Å². The minimum Gasteiger partial charge on any atom is -0.394 e. The molecule has 3 N–H and O–H groups in total. The van der Waals surface area contributed by atoms with E-state index in [0.29, 0.717) is 11.1 Å². The van der Waals surface area contributed by atoms with Gasteiger partial charge in [-0.05, 0) is 35.9 Å². The lowest BCUT2D eigenvalue weighted by Gasteiger charge is -2.19. The Kier molecular flexibility index (Phi) is 6.10. The Morgan fingerprint density at radius 3 is 2.09 bits per heavy atom. The fourth-order valence-electron chi connectivity index (χ4n) is 3.59. The van der Waals surface area contributed by atoms with Crippen molar-refractivity contribution in [3.05, 3.63) is 106 Å². The third-order valence-electron chi connectivity index (χ3n) is 5.37. The number of carbonyl (C=O) groups is 4. The molecule has 166 valence electrons. The Bertz CT molecular complexity index is 1270. The van der Waals surface area contributed by atoms with Crippen molar-refractivity contribution in [3.8, 4) is 0 Å². The fourth-order valence-corrected chi connectivity index (χ4v) is 3.59. The van der Waals surface area contributed by atoms with Crippen LogP contribution >= 0.6 is 0 Å². The van der Waals surface area contributed by atoms with Gasteiger partial charge in [-0.3, -0.25) is 19.2 Å². The van der Waals surface area contributed by atoms with Crippen LogP contribution in [-0.4, -0.2) is 41.1 Å². The van der Waals surface area contributed by atoms with E-state index in [9.17, 15) is 28.7 Å². The topological polar surface area (TPSA) is 113 Å². The molecule has 0 aliphatic heterocycles. The molecule has 3 aromatic rings. The van der Waals surface area contributed by atoms with Crippen LogP contribution in [-0.2, 0) is 11.3 Å². The predicted molar refractivity (Wildman–Crippen MR) is 116 cm³/mol. The number of nitrogens with one attached hydrogen (secondary N) is 2. The summed E-state index contributed by atoms with van der Waals surface area (Å²) in [6.45, 7) is -0.572. The highest BCUT2D eigenvalue weighted by atomic mass is 19.1. The zero-order valence-corrected chi connectivity index (χ0v) is 17.3. The maximum Gasteiger partial charge on any atom is 0.252 e. The Balaban J connectivity index is 1.47. The second-order valence-corrected chi connectivity index (χ2v) is 7.52. The first-order valence-electron chi connectivity index (χ1n) is 10.2. The molecule has 0 aromatic heterocycles. The first kappa shape index (κ1) is 22.0. The van der Waals surface area contributed by atoms with Crippen LogP contribution in [0.1, 0.15) is 47.8 Å². The van der Waals surface area contributed by atoms with Crippen molar-refractivity contribution in [2.24, 2.45) is 0 Å². The van der Waals surface area contributed by atoms with E-state index in [1.165, 1.54) is 42.5 Å². The van der Waals surface area contributed by atoms with Crippen LogP contribution in [0.3, 0.4) is 0 Å². The first-order chi connectivity index (χ1) is 15.9. The summed E-state index contributed by atoms with van der Waals surface area (Å²) in [4.78, 5) is 50.6. The van der Waals surface area contributed by atoms with E-state index in [1.54, 1.807) is 24.3 Å². The summed E-state index contributed by atoms with van der Waals surface area (Å²) < 4.78 is 13.0. The number of rotatable bonds is 6. The normalized spacial score (nSPS) is 13.0. The Hall–Kier alpha value is -4.17. The van der Waals surface area contributed by atoms with Gasteiger partial charge in [-0.25, -0.2) is 4.39 Å². The molecule has 33 heavy (non-hydrogen) atoms. The van der Waals surface area contributed by atoms with Gasteiger partial charge in [0.1, 0.15) is 11.9 Å². The number of amides is 2. The number of fused-ring (bicyclic) bond motifs is 2. The summed E-state index contributed by atoms with van der Waals surface area (Å²) in [5.41, 5.74) is 1.59. The molecule has 8 heteroatoms. The SMILES string of the molecule is O=C(NC(CO)C(=O)NCc1ccc(F)cc1)c1ccc2c(c1)C(=O)c1ccccc1C2=O. The van der Waals surface area contributed by atoms with E-state index in [2.05, 4.69) is 10.6 Å². The van der Waals surface area contributed by atoms with Crippen LogP contribution in [0.15, 0.2) is 66.7 Å². The van der Waals surface area contributed by atoms with Crippen molar-refractivity contribution < 1.29 is 28.7 Å². The molecule has 7 nitrogen and oxygen atoms in total. The van der Waals surface area contributed by atoms with Crippen LogP contribution in [0.4, 0.5) is 4.39 Å². The molecule has 0 saturated heterocycles. The zero-order chi connectivity index (χ0) is 23.5. The minimum atomic E-state index is -1.24. The van der Waals surface area contributed by atoms with E-state index < -0.39 is 30.3 Å². The number of aliphatic hydroxyl groups excluding tert-OH is 1. The first-order valence-corrected chi connectivity index (χ1v) is 10.2. The van der Waals surface area contributed by atoms with Crippen molar-refractivity contribution >= 4 is 23.4 Å². The molecule has 0 spiro atoms. The molecule has 1 aliphatic carbocycles. The highest BCUT2D eigenvalue weighted by Crippen LogP contribution is 2.27. The molecule has 3 aromatic carbocycles. The third-order valence-corrected chi connectivity index (χ3v) is 5.37. The van der Waals surface area contributed by atoms with E-state index in [0.717, 1.165) is 0 Å². The summed E-state index contributed by atoms with van der Waals surface area (Å²) in [5, 5.41) is 14.6. The number of hydrogen-bond acceptors (Lipinski definition) is 5. The number of halogens is 1. The predicted octanol–water partition coefficient (Wildman–Crippen LogP) is 2.01. The van der Waals surface area contributed by atoms with Gasteiger partial charge in [0.05, 0.1) is 6.61 Å². The molecular formula is C25H19FN2O5. The third kappa shape index (κ3) is 4.42. The molecule has 0 radical (unpaired) electrons. The smallest absolute Gasteiger partial charge is 0.252 e. The lowest BCUT2D eigenvalue weighted by atomic mass is 9.83. The maximum atomic E-state index is 13.0. The van der Waals surface area contributed by atoms with Crippen LogP contribution in [0.25, 0.3) is 0 Å². The largest absolute Gasteiger partial charge is 0.394 e. The standard InChI is InChI=1S/C25H19FN2O5/c26-16-8-5-14(6-9-16)12-27-25(33)21(13-29)28-24(32)15-7-10-19-20(11-15)23(31)18-4-2-1-3-17(18)22(19)30/h1-11,21,29H,12-13H2,(H,27,33)(H,28,32). The van der Waals surface area contributed by atoms with Crippen molar-refractivity contribution in [2.45, 2.75) is 12.6 Å². The average Bonchev–Trinajstić information content (AvgIpc) is 2.84. The Morgan fingerprint density at radius 1 is 0.848 bits per heavy atom. The number of hydrogen-bond donors (Lipinski definition) is 3. The molecule has 0 saturated carbocycles. The summed E-state index contributed by atoms with van der Waals surface area (Å²) in [6, 6.07) is 14.8. The lowest BCUT2D eigenvalue weighted by Crippen LogP contribution is -2.48. The molecule has 4 rings (SSSR count). The van der Waals surface area contributed by atoms with Gasteiger partial charge in [0.15, 0.2) is 11.6 Å². The number of carbonyl (C=O) groups excluding carboxylic acids is 4. The van der Waals surface area contributed by atoms with Crippen LogP contribution in [0.2, 0.25) is 0 Å². The van der Waals surface area contributed by atoms with Crippen LogP contribution in [0, 0.1) is 5.82 Å².